The number of para-hydroxylation sites is 6. The van der Waals surface area contributed by atoms with Gasteiger partial charge in [0.2, 0.25) is 0 Å². The van der Waals surface area contributed by atoms with Crippen molar-refractivity contribution < 1.29 is 0 Å². The molecule has 0 saturated heterocycles. The first-order valence-electron chi connectivity index (χ1n) is 21.6. The van der Waals surface area contributed by atoms with Crippen molar-refractivity contribution in [1.29, 1.82) is 10.5 Å². The molecule has 0 aromatic heterocycles. The summed E-state index contributed by atoms with van der Waals surface area (Å²) in [5.74, 6) is 0. The molecule has 0 atom stereocenters. The summed E-state index contributed by atoms with van der Waals surface area (Å²) in [6, 6.07) is 77.8. The Kier molecular flexibility index (Phi) is 7.82. The largest absolute Gasteiger partial charge is 0.311 e. The molecule has 6 nitrogen and oxygen atoms in total. The lowest BCUT2D eigenvalue weighted by Gasteiger charge is -2.47. The number of hydrogen-bond acceptors (Lipinski definition) is 6. The molecule has 13 rings (SSSR count). The van der Waals surface area contributed by atoms with E-state index < -0.39 is 0 Å². The third-order valence-electron chi connectivity index (χ3n) is 13.5. The van der Waals surface area contributed by atoms with Gasteiger partial charge in [0.15, 0.2) is 0 Å². The van der Waals surface area contributed by atoms with Crippen LogP contribution in [0.2, 0.25) is 0 Å². The number of rotatable bonds is 4. The minimum absolute atomic E-state index is 0.203. The maximum Gasteiger partial charge on any atom is 0.252 e. The molecule has 9 aromatic rings. The van der Waals surface area contributed by atoms with Gasteiger partial charge in [0.1, 0.15) is 12.1 Å². The second kappa shape index (κ2) is 13.9. The smallest absolute Gasteiger partial charge is 0.252 e. The van der Waals surface area contributed by atoms with Crippen LogP contribution in [0.15, 0.2) is 206 Å². The molecule has 0 unspecified atom stereocenters. The lowest BCUT2D eigenvalue weighted by Crippen LogP contribution is -2.65. The first-order valence-corrected chi connectivity index (χ1v) is 21.6. The highest BCUT2D eigenvalue weighted by Crippen LogP contribution is 2.49. The monoisotopic (exact) mass is 812 g/mol. The fourth-order valence-corrected chi connectivity index (χ4v) is 11.0. The Morgan fingerprint density at radius 1 is 0.297 bits per heavy atom. The number of nitrogens with zero attached hydrogens (tertiary/aromatic N) is 6. The SMILES string of the molecule is N#Cc1ccc2c3c1N(c1ccccc1)c1ccccc1B3c1cc3c(cc1N2c1ccccc1)N(c1ccccc1)c1ccc(C#N)c2c1B3c1ccccc1N2c1ccccc1. The summed E-state index contributed by atoms with van der Waals surface area (Å²) in [5.41, 5.74) is 20.3. The van der Waals surface area contributed by atoms with Gasteiger partial charge >= 0.3 is 0 Å². The fraction of sp³-hybridized carbons (Fsp3) is 0. The minimum atomic E-state index is -0.203. The predicted octanol–water partition coefficient (Wildman–Crippen LogP) is 9.60. The quantitative estimate of drug-likeness (QED) is 0.165. The topological polar surface area (TPSA) is 60.5 Å². The zero-order valence-electron chi connectivity index (χ0n) is 34.5. The Balaban J connectivity index is 1.17. The van der Waals surface area contributed by atoms with Gasteiger partial charge < -0.3 is 19.6 Å². The van der Waals surface area contributed by atoms with Crippen molar-refractivity contribution in [2.75, 3.05) is 19.6 Å². The lowest BCUT2D eigenvalue weighted by molar-refractivity contribution is 1.23. The average Bonchev–Trinajstić information content (AvgIpc) is 3.36. The van der Waals surface area contributed by atoms with Gasteiger partial charge in [-0.25, -0.2) is 0 Å². The number of benzene rings is 9. The molecule has 0 aliphatic carbocycles. The van der Waals surface area contributed by atoms with E-state index in [4.69, 9.17) is 0 Å². The second-order valence-corrected chi connectivity index (χ2v) is 16.7. The molecule has 4 heterocycles. The molecule has 9 aromatic carbocycles. The van der Waals surface area contributed by atoms with Crippen LogP contribution in [0.3, 0.4) is 0 Å². The van der Waals surface area contributed by atoms with Crippen LogP contribution in [0.1, 0.15) is 11.1 Å². The number of nitriles is 2. The van der Waals surface area contributed by atoms with Gasteiger partial charge in [0.25, 0.3) is 13.4 Å². The average molecular weight is 813 g/mol. The van der Waals surface area contributed by atoms with E-state index in [1.165, 1.54) is 10.9 Å². The summed E-state index contributed by atoms with van der Waals surface area (Å²) in [7, 11) is 0. The van der Waals surface area contributed by atoms with Crippen LogP contribution in [-0.2, 0) is 0 Å². The molecular formula is C56H34B2N6. The standard InChI is InChI=1S/C56H34B2N6/c59-35-37-29-31-49-53-55(37)63(41-21-9-3-10-22-41)47-27-15-13-25-43(47)57(53)45-33-46-52(34-51(45)61(49)39-17-5-1-6-18-39)62(40-19-7-2-8-20-40)50-32-30-38(36-60)56-54(50)58(46)44-26-14-16-28-48(44)64(56)42-23-11-4-12-24-42/h1-34H. The Morgan fingerprint density at radius 2 is 0.641 bits per heavy atom. The highest BCUT2D eigenvalue weighted by Gasteiger charge is 2.49. The van der Waals surface area contributed by atoms with Crippen molar-refractivity contribution in [3.8, 4) is 12.1 Å². The van der Waals surface area contributed by atoms with Gasteiger partial charge in [-0.05, 0) is 124 Å². The van der Waals surface area contributed by atoms with Crippen LogP contribution in [-0.4, -0.2) is 13.4 Å². The third kappa shape index (κ3) is 4.97. The summed E-state index contributed by atoms with van der Waals surface area (Å²) in [6.07, 6.45) is 0. The molecule has 0 saturated carbocycles. The van der Waals surface area contributed by atoms with Crippen LogP contribution >= 0.6 is 0 Å². The molecule has 0 spiro atoms. The van der Waals surface area contributed by atoms with Crippen molar-refractivity contribution in [2.24, 2.45) is 0 Å². The molecule has 0 bridgehead atoms. The first kappa shape index (κ1) is 36.0. The van der Waals surface area contributed by atoms with E-state index in [1.807, 2.05) is 24.3 Å². The Hall–Kier alpha value is -8.71. The van der Waals surface area contributed by atoms with Crippen molar-refractivity contribution in [3.05, 3.63) is 217 Å². The Labute approximate surface area is 372 Å². The third-order valence-corrected chi connectivity index (χ3v) is 13.5. The van der Waals surface area contributed by atoms with Crippen molar-refractivity contribution >= 4 is 114 Å². The summed E-state index contributed by atoms with van der Waals surface area (Å²) >= 11 is 0. The van der Waals surface area contributed by atoms with Crippen molar-refractivity contribution in [3.63, 3.8) is 0 Å². The van der Waals surface area contributed by atoms with Gasteiger partial charge in [-0.1, -0.05) is 115 Å². The van der Waals surface area contributed by atoms with E-state index in [0.29, 0.717) is 11.1 Å². The zero-order chi connectivity index (χ0) is 42.5. The predicted molar refractivity (Wildman–Crippen MR) is 264 cm³/mol. The maximum atomic E-state index is 11.0. The summed E-state index contributed by atoms with van der Waals surface area (Å²) in [4.78, 5) is 9.37. The molecule has 0 N–H and O–H groups in total. The Morgan fingerprint density at radius 3 is 1.02 bits per heavy atom. The van der Waals surface area contributed by atoms with Gasteiger partial charge in [0, 0.05) is 56.9 Å². The van der Waals surface area contributed by atoms with E-state index in [9.17, 15) is 10.5 Å². The molecular weight excluding hydrogens is 778 g/mol. The van der Waals surface area contributed by atoms with Gasteiger partial charge in [-0.15, -0.1) is 0 Å². The molecule has 0 radical (unpaired) electrons. The molecule has 4 aliphatic heterocycles. The van der Waals surface area contributed by atoms with Crippen LogP contribution < -0.4 is 52.4 Å². The molecule has 64 heavy (non-hydrogen) atoms. The number of anilines is 12. The fourth-order valence-electron chi connectivity index (χ4n) is 11.0. The van der Waals surface area contributed by atoms with E-state index >= 15 is 0 Å². The van der Waals surface area contributed by atoms with E-state index in [0.717, 1.165) is 90.1 Å². The molecule has 0 amide bonds. The van der Waals surface area contributed by atoms with Crippen LogP contribution in [0.25, 0.3) is 0 Å². The second-order valence-electron chi connectivity index (χ2n) is 16.7. The van der Waals surface area contributed by atoms with Crippen LogP contribution in [0.5, 0.6) is 0 Å². The van der Waals surface area contributed by atoms with Crippen molar-refractivity contribution in [1.82, 2.24) is 0 Å². The molecule has 294 valence electrons. The van der Waals surface area contributed by atoms with E-state index in [2.05, 4.69) is 214 Å². The highest BCUT2D eigenvalue weighted by atomic mass is 15.2. The normalized spacial score (nSPS) is 13.4. The van der Waals surface area contributed by atoms with Gasteiger partial charge in [-0.3, -0.25) is 0 Å². The maximum absolute atomic E-state index is 11.0. The van der Waals surface area contributed by atoms with E-state index in [1.54, 1.807) is 0 Å². The van der Waals surface area contributed by atoms with Gasteiger partial charge in [0.05, 0.1) is 22.5 Å². The van der Waals surface area contributed by atoms with Crippen molar-refractivity contribution in [2.45, 2.75) is 0 Å². The minimum Gasteiger partial charge on any atom is -0.311 e. The number of hydrogen-bond donors (Lipinski definition) is 0. The summed E-state index contributed by atoms with van der Waals surface area (Å²) in [5, 5.41) is 21.9. The summed E-state index contributed by atoms with van der Waals surface area (Å²) in [6.45, 7) is -0.406. The number of fused-ring (bicyclic) bond motifs is 8. The van der Waals surface area contributed by atoms with Gasteiger partial charge in [-0.2, -0.15) is 10.5 Å². The van der Waals surface area contributed by atoms with Crippen LogP contribution in [0.4, 0.5) is 68.2 Å². The summed E-state index contributed by atoms with van der Waals surface area (Å²) < 4.78 is 0. The highest BCUT2D eigenvalue weighted by molar-refractivity contribution is 7.03. The molecule has 8 heteroatoms. The lowest BCUT2D eigenvalue weighted by atomic mass is 9.30. The molecule has 4 aliphatic rings. The molecule has 0 fully saturated rings. The van der Waals surface area contributed by atoms with Crippen LogP contribution in [0, 0.1) is 22.7 Å². The zero-order valence-corrected chi connectivity index (χ0v) is 34.5. The first-order chi connectivity index (χ1) is 31.7. The van der Waals surface area contributed by atoms with E-state index in [-0.39, 0.29) is 13.4 Å². The Bertz CT molecular complexity index is 3230.